The number of piperazine rings is 1. The molecule has 0 bridgehead atoms. The molecule has 0 aliphatic carbocycles. The van der Waals surface area contributed by atoms with E-state index < -0.39 is 34.6 Å². The maximum Gasteiger partial charge on any atom is 0.313 e. The van der Waals surface area contributed by atoms with E-state index in [-0.39, 0.29) is 12.5 Å². The second-order valence-electron chi connectivity index (χ2n) is 8.50. The topological polar surface area (TPSA) is 114 Å². The van der Waals surface area contributed by atoms with E-state index >= 15 is 0 Å². The van der Waals surface area contributed by atoms with E-state index in [1.807, 2.05) is 36.4 Å². The van der Waals surface area contributed by atoms with Gasteiger partial charge in [-0.15, -0.1) is 4.91 Å². The molecule has 2 amide bonds. The zero-order valence-electron chi connectivity index (χ0n) is 19.2. The van der Waals surface area contributed by atoms with Crippen LogP contribution >= 0.6 is 11.9 Å². The Morgan fingerprint density at radius 3 is 2.55 bits per heavy atom. The highest BCUT2D eigenvalue weighted by Gasteiger charge is 2.47. The van der Waals surface area contributed by atoms with Crippen molar-refractivity contribution >= 4 is 40.5 Å². The van der Waals surface area contributed by atoms with Gasteiger partial charge in [0.2, 0.25) is 11.8 Å². The minimum atomic E-state index is -0.959. The Hall–Kier alpha value is -3.14. The van der Waals surface area contributed by atoms with Crippen LogP contribution in [0.25, 0.3) is 10.8 Å². The lowest BCUT2D eigenvalue weighted by Gasteiger charge is -2.41. The molecule has 1 N–H and O–H groups in total. The summed E-state index contributed by atoms with van der Waals surface area (Å²) in [6, 6.07) is 9.47. The third-order valence-electron chi connectivity index (χ3n) is 5.93. The Bertz CT molecular complexity index is 1090. The van der Waals surface area contributed by atoms with E-state index in [1.165, 1.54) is 11.9 Å². The number of rotatable bonds is 8. The Kier molecular flexibility index (Phi) is 7.26. The Morgan fingerprint density at radius 1 is 1.21 bits per heavy atom. The number of benzene rings is 2. The number of carbonyl (C=O) groups excluding carboxylic acids is 3. The summed E-state index contributed by atoms with van der Waals surface area (Å²) in [6.45, 7) is 4.76. The number of likely N-dealkylation sites (N-methyl/N-ethyl adjacent to an activating group) is 1. The minimum absolute atomic E-state index is 0.270. The van der Waals surface area contributed by atoms with Gasteiger partial charge in [0.1, 0.15) is 24.4 Å². The van der Waals surface area contributed by atoms with E-state index in [0.717, 1.165) is 22.1 Å². The maximum atomic E-state index is 12.8. The lowest BCUT2D eigenvalue weighted by Crippen LogP contribution is -2.68. The van der Waals surface area contributed by atoms with Gasteiger partial charge in [-0.1, -0.05) is 24.3 Å². The molecular weight excluding hydrogens is 446 g/mol. The van der Waals surface area contributed by atoms with E-state index in [9.17, 15) is 19.3 Å². The molecular formula is C23H27N3O6S. The fourth-order valence-corrected chi connectivity index (χ4v) is 4.16. The van der Waals surface area contributed by atoms with Gasteiger partial charge in [0.15, 0.2) is 0 Å². The highest BCUT2D eigenvalue weighted by Crippen LogP contribution is 2.32. The van der Waals surface area contributed by atoms with Gasteiger partial charge in [-0.05, 0) is 49.2 Å². The molecule has 9 nitrogen and oxygen atoms in total. The highest BCUT2D eigenvalue weighted by atomic mass is 32.2. The molecule has 10 heteroatoms. The molecule has 1 heterocycles. The summed E-state index contributed by atoms with van der Waals surface area (Å²) in [5.74, 6) is -1.15. The molecule has 0 saturated carbocycles. The summed E-state index contributed by atoms with van der Waals surface area (Å²) >= 11 is 0.686. The van der Waals surface area contributed by atoms with Crippen LogP contribution in [0.15, 0.2) is 41.0 Å². The number of fused-ring (bicyclic) bond motifs is 1. The lowest BCUT2D eigenvalue weighted by atomic mass is 9.97. The van der Waals surface area contributed by atoms with Crippen molar-refractivity contribution in [1.29, 1.82) is 0 Å². The van der Waals surface area contributed by atoms with E-state index in [1.54, 1.807) is 27.9 Å². The third kappa shape index (κ3) is 5.11. The van der Waals surface area contributed by atoms with Crippen molar-refractivity contribution < 1.29 is 23.9 Å². The van der Waals surface area contributed by atoms with Gasteiger partial charge in [-0.3, -0.25) is 14.4 Å². The van der Waals surface area contributed by atoms with Crippen molar-refractivity contribution in [3.8, 4) is 5.75 Å². The van der Waals surface area contributed by atoms with Crippen LogP contribution in [0.4, 0.5) is 0 Å². The predicted molar refractivity (Wildman–Crippen MR) is 126 cm³/mol. The molecule has 33 heavy (non-hydrogen) atoms. The highest BCUT2D eigenvalue weighted by molar-refractivity contribution is 7.99. The second-order valence-corrected chi connectivity index (χ2v) is 9.88. The summed E-state index contributed by atoms with van der Waals surface area (Å²) in [4.78, 5) is 50.0. The molecule has 1 fully saturated rings. The Balaban J connectivity index is 1.66. The summed E-state index contributed by atoms with van der Waals surface area (Å²) in [6.07, 6.45) is 0. The van der Waals surface area contributed by atoms with Crippen LogP contribution in [0.2, 0.25) is 0 Å². The van der Waals surface area contributed by atoms with Crippen LogP contribution in [0, 0.1) is 4.91 Å². The molecule has 2 aromatic rings. The minimum Gasteiger partial charge on any atom is -0.497 e. The van der Waals surface area contributed by atoms with Crippen molar-refractivity contribution in [3.63, 3.8) is 0 Å². The molecule has 3 rings (SSSR count). The molecule has 0 spiro atoms. The normalized spacial score (nSPS) is 19.7. The number of carbonyl (C=O) groups is 3. The molecule has 0 unspecified atom stereocenters. The number of hydrogen-bond donors (Lipinski definition) is 1. The zero-order chi connectivity index (χ0) is 24.3. The van der Waals surface area contributed by atoms with Gasteiger partial charge in [-0.2, -0.15) is 0 Å². The first kappa shape index (κ1) is 24.5. The predicted octanol–water partition coefficient (Wildman–Crippen LogP) is 3.01. The van der Waals surface area contributed by atoms with Crippen molar-refractivity contribution in [2.45, 2.75) is 43.5 Å². The fourth-order valence-electron chi connectivity index (χ4n) is 3.70. The van der Waals surface area contributed by atoms with Crippen LogP contribution in [0.3, 0.4) is 0 Å². The van der Waals surface area contributed by atoms with Gasteiger partial charge < -0.3 is 19.7 Å². The second kappa shape index (κ2) is 9.78. The number of nitrogens with one attached hydrogen (secondary N) is 1. The first-order valence-electron chi connectivity index (χ1n) is 10.4. The Labute approximate surface area is 196 Å². The van der Waals surface area contributed by atoms with Crippen LogP contribution in [-0.4, -0.2) is 60.3 Å². The van der Waals surface area contributed by atoms with E-state index in [4.69, 9.17) is 9.47 Å². The van der Waals surface area contributed by atoms with Gasteiger partial charge in [0.25, 0.3) is 0 Å². The average molecular weight is 474 g/mol. The molecule has 176 valence electrons. The number of esters is 1. The molecule has 3 atom stereocenters. The lowest BCUT2D eigenvalue weighted by molar-refractivity contribution is -0.156. The number of methoxy groups -OCH3 is 1. The van der Waals surface area contributed by atoms with Gasteiger partial charge >= 0.3 is 5.97 Å². The number of amides is 2. The summed E-state index contributed by atoms with van der Waals surface area (Å²) in [5, 5.41) is 4.58. The third-order valence-corrected chi connectivity index (χ3v) is 6.71. The summed E-state index contributed by atoms with van der Waals surface area (Å²) in [5.41, 5.74) is 0.774. The zero-order valence-corrected chi connectivity index (χ0v) is 20.0. The van der Waals surface area contributed by atoms with E-state index in [0.29, 0.717) is 11.9 Å². The van der Waals surface area contributed by atoms with Gasteiger partial charge in [0, 0.05) is 23.6 Å². The Morgan fingerprint density at radius 2 is 1.88 bits per heavy atom. The monoisotopic (exact) mass is 473 g/mol. The van der Waals surface area contributed by atoms with Crippen molar-refractivity contribution in [3.05, 3.63) is 46.9 Å². The molecule has 0 aromatic heterocycles. The van der Waals surface area contributed by atoms with Crippen molar-refractivity contribution in [2.24, 2.45) is 4.58 Å². The van der Waals surface area contributed by atoms with Crippen molar-refractivity contribution in [2.75, 3.05) is 20.8 Å². The first-order valence-corrected chi connectivity index (χ1v) is 11.2. The maximum absolute atomic E-state index is 12.8. The van der Waals surface area contributed by atoms with E-state index in [2.05, 4.69) is 9.90 Å². The van der Waals surface area contributed by atoms with Gasteiger partial charge in [0.05, 0.1) is 17.8 Å². The molecule has 1 saturated heterocycles. The quantitative estimate of drug-likeness (QED) is 0.356. The van der Waals surface area contributed by atoms with Crippen LogP contribution in [-0.2, 0) is 19.1 Å². The van der Waals surface area contributed by atoms with Crippen molar-refractivity contribution in [1.82, 2.24) is 10.2 Å². The van der Waals surface area contributed by atoms with Gasteiger partial charge in [-0.25, -0.2) is 0 Å². The average Bonchev–Trinajstić information content (AvgIpc) is 2.79. The number of nitrogens with zero attached hydrogens (tertiary/aromatic N) is 2. The smallest absolute Gasteiger partial charge is 0.313 e. The largest absolute Gasteiger partial charge is 0.497 e. The SMILES string of the molecule is COc1ccc2cc([C@H](C)C(=O)OC[C@H]3C(=O)N[C@@H](C(C)(C)SN=O)C(=O)N3C)ccc2c1. The van der Waals surface area contributed by atoms with Crippen LogP contribution in [0.5, 0.6) is 5.75 Å². The molecule has 1 aliphatic rings. The van der Waals surface area contributed by atoms with Crippen LogP contribution in [0.1, 0.15) is 32.3 Å². The van der Waals surface area contributed by atoms with Crippen LogP contribution < -0.4 is 10.1 Å². The molecule has 0 radical (unpaired) electrons. The summed E-state index contributed by atoms with van der Waals surface area (Å²) in [7, 11) is 3.08. The summed E-state index contributed by atoms with van der Waals surface area (Å²) < 4.78 is 12.5. The first-order chi connectivity index (χ1) is 15.6. The number of nitroso groups, excluding NO2 is 1. The standard InChI is InChI=1S/C23H27N3O6S/c1-13(14-6-7-16-11-17(31-5)9-8-15(16)10-14)22(29)32-12-18-20(27)24-19(21(28)26(18)4)23(2,3)33-25-30/h6-11,13,18-19H,12H2,1-5H3,(H,24,27)/t13-,18-,19+/m0/s1. The molecule has 1 aliphatic heterocycles. The number of hydrogen-bond acceptors (Lipinski definition) is 8. The fraction of sp³-hybridized carbons (Fsp3) is 0.435. The molecule has 2 aromatic carbocycles. The number of ether oxygens (including phenoxy) is 2.